The maximum absolute atomic E-state index is 10.8. The summed E-state index contributed by atoms with van der Waals surface area (Å²) in [6.45, 7) is 0. The zero-order valence-corrected chi connectivity index (χ0v) is 7.27. The highest BCUT2D eigenvalue weighted by Gasteiger charge is 2.08. The highest BCUT2D eigenvalue weighted by molar-refractivity contribution is 5.91. The van der Waals surface area contributed by atoms with Crippen LogP contribution in [0.4, 0.5) is 0 Å². The molecule has 0 unspecified atom stereocenters. The fourth-order valence-electron chi connectivity index (χ4n) is 0.726. The molecule has 0 radical (unpaired) electrons. The summed E-state index contributed by atoms with van der Waals surface area (Å²) in [5.74, 6) is -0.417. The van der Waals surface area contributed by atoms with Crippen LogP contribution in [0, 0.1) is 0 Å². The molecule has 0 saturated heterocycles. The summed E-state index contributed by atoms with van der Waals surface area (Å²) in [7, 11) is 2.81. The second-order valence-corrected chi connectivity index (χ2v) is 2.15. The molecular formula is C7H9N3O3. The van der Waals surface area contributed by atoms with Gasteiger partial charge in [0.05, 0.1) is 14.2 Å². The van der Waals surface area contributed by atoms with E-state index >= 15 is 0 Å². The van der Waals surface area contributed by atoms with Crippen molar-refractivity contribution < 1.29 is 14.3 Å². The second-order valence-electron chi connectivity index (χ2n) is 2.15. The second kappa shape index (κ2) is 3.70. The van der Waals surface area contributed by atoms with Gasteiger partial charge in [0.2, 0.25) is 5.88 Å². The van der Waals surface area contributed by atoms with Gasteiger partial charge in [-0.25, -0.2) is 0 Å². The highest BCUT2D eigenvalue weighted by atomic mass is 16.5. The Balaban J connectivity index is 3.14. The molecule has 0 aliphatic rings. The molecule has 0 aliphatic carbocycles. The Morgan fingerprint density at radius 3 is 2.54 bits per heavy atom. The molecule has 0 aromatic carbocycles. The molecule has 0 saturated carbocycles. The highest BCUT2D eigenvalue weighted by Crippen LogP contribution is 2.12. The Morgan fingerprint density at radius 1 is 1.38 bits per heavy atom. The molecule has 6 nitrogen and oxygen atoms in total. The molecule has 70 valence electrons. The van der Waals surface area contributed by atoms with Crippen molar-refractivity contribution in [2.45, 2.75) is 0 Å². The number of aromatic nitrogens is 2. The monoisotopic (exact) mass is 183 g/mol. The number of carbonyl (C=O) groups excluding carboxylic acids is 1. The minimum atomic E-state index is -0.654. The van der Waals surface area contributed by atoms with Crippen molar-refractivity contribution in [2.75, 3.05) is 14.2 Å². The van der Waals surface area contributed by atoms with E-state index in [4.69, 9.17) is 15.2 Å². The average Bonchev–Trinajstić information content (AvgIpc) is 2.16. The fourth-order valence-corrected chi connectivity index (χ4v) is 0.726. The lowest BCUT2D eigenvalue weighted by Gasteiger charge is -2.02. The zero-order valence-electron chi connectivity index (χ0n) is 7.27. The lowest BCUT2D eigenvalue weighted by molar-refractivity contribution is 0.0993. The molecule has 0 atom stereocenters. The van der Waals surface area contributed by atoms with Gasteiger partial charge in [-0.1, -0.05) is 0 Å². The molecule has 6 heteroatoms. The van der Waals surface area contributed by atoms with Gasteiger partial charge in [-0.2, -0.15) is 9.97 Å². The van der Waals surface area contributed by atoms with Gasteiger partial charge in [-0.05, 0) is 0 Å². The minimum absolute atomic E-state index is 0.0492. The van der Waals surface area contributed by atoms with E-state index in [0.29, 0.717) is 0 Å². The number of hydrogen-bond acceptors (Lipinski definition) is 5. The number of hydrogen-bond donors (Lipinski definition) is 1. The third-order valence-corrected chi connectivity index (χ3v) is 1.33. The van der Waals surface area contributed by atoms with Crippen LogP contribution >= 0.6 is 0 Å². The van der Waals surface area contributed by atoms with E-state index in [-0.39, 0.29) is 17.6 Å². The minimum Gasteiger partial charge on any atom is -0.481 e. The third kappa shape index (κ3) is 2.05. The van der Waals surface area contributed by atoms with E-state index in [1.165, 1.54) is 20.3 Å². The number of methoxy groups -OCH3 is 2. The van der Waals surface area contributed by atoms with Gasteiger partial charge in [0.1, 0.15) is 5.69 Å². The molecule has 1 heterocycles. The quantitative estimate of drug-likeness (QED) is 0.688. The van der Waals surface area contributed by atoms with E-state index in [0.717, 1.165) is 0 Å². The van der Waals surface area contributed by atoms with E-state index in [2.05, 4.69) is 9.97 Å². The summed E-state index contributed by atoms with van der Waals surface area (Å²) < 4.78 is 9.55. The maximum Gasteiger partial charge on any atom is 0.320 e. The lowest BCUT2D eigenvalue weighted by atomic mass is 10.4. The van der Waals surface area contributed by atoms with Crippen molar-refractivity contribution in [3.63, 3.8) is 0 Å². The van der Waals surface area contributed by atoms with Crippen molar-refractivity contribution in [3.05, 3.63) is 11.8 Å². The molecule has 1 rings (SSSR count). The summed E-state index contributed by atoms with van der Waals surface area (Å²) in [5, 5.41) is 0. The van der Waals surface area contributed by atoms with Gasteiger partial charge in [-0.15, -0.1) is 0 Å². The Bertz CT molecular complexity index is 305. The molecule has 13 heavy (non-hydrogen) atoms. The van der Waals surface area contributed by atoms with Gasteiger partial charge in [-0.3, -0.25) is 4.79 Å². The van der Waals surface area contributed by atoms with E-state index < -0.39 is 5.91 Å². The molecule has 2 N–H and O–H groups in total. The van der Waals surface area contributed by atoms with Gasteiger partial charge in [0.15, 0.2) is 0 Å². The normalized spacial score (nSPS) is 9.38. The van der Waals surface area contributed by atoms with Crippen molar-refractivity contribution in [2.24, 2.45) is 5.73 Å². The topological polar surface area (TPSA) is 87.3 Å². The number of amides is 1. The first-order valence-electron chi connectivity index (χ1n) is 3.44. The number of nitrogens with zero attached hydrogens (tertiary/aromatic N) is 2. The van der Waals surface area contributed by atoms with E-state index in [1.807, 2.05) is 0 Å². The first-order valence-corrected chi connectivity index (χ1v) is 3.44. The van der Waals surface area contributed by atoms with Gasteiger partial charge in [0.25, 0.3) is 5.91 Å². The Morgan fingerprint density at radius 2 is 2.08 bits per heavy atom. The first kappa shape index (κ1) is 9.24. The van der Waals surface area contributed by atoms with E-state index in [9.17, 15) is 4.79 Å². The SMILES string of the molecule is COc1cc(C(N)=O)nc(OC)n1. The summed E-state index contributed by atoms with van der Waals surface area (Å²) in [5.41, 5.74) is 5.08. The summed E-state index contributed by atoms with van der Waals surface area (Å²) in [4.78, 5) is 18.3. The maximum atomic E-state index is 10.8. The molecule has 1 amide bonds. The summed E-state index contributed by atoms with van der Waals surface area (Å²) >= 11 is 0. The zero-order chi connectivity index (χ0) is 9.84. The van der Waals surface area contributed by atoms with Gasteiger partial charge in [0, 0.05) is 6.07 Å². The van der Waals surface area contributed by atoms with Gasteiger partial charge < -0.3 is 15.2 Å². The molecule has 0 aliphatic heterocycles. The number of rotatable bonds is 3. The van der Waals surface area contributed by atoms with E-state index in [1.54, 1.807) is 0 Å². The number of nitrogens with two attached hydrogens (primary N) is 1. The molecule has 0 fully saturated rings. The van der Waals surface area contributed by atoms with Crippen molar-refractivity contribution in [1.29, 1.82) is 0 Å². The number of primary amides is 1. The van der Waals surface area contributed by atoms with Crippen LogP contribution in [-0.2, 0) is 0 Å². The molecule has 0 spiro atoms. The predicted octanol–water partition coefficient (Wildman–Crippen LogP) is -0.407. The van der Waals surface area contributed by atoms with Crippen LogP contribution in [0.2, 0.25) is 0 Å². The van der Waals surface area contributed by atoms with Crippen LogP contribution in [0.1, 0.15) is 10.5 Å². The molecule has 1 aromatic heterocycles. The van der Waals surface area contributed by atoms with Crippen molar-refractivity contribution in [3.8, 4) is 11.9 Å². The lowest BCUT2D eigenvalue weighted by Crippen LogP contribution is -2.14. The predicted molar refractivity (Wildman–Crippen MR) is 43.7 cm³/mol. The average molecular weight is 183 g/mol. The van der Waals surface area contributed by atoms with Crippen LogP contribution in [0.3, 0.4) is 0 Å². The Hall–Kier alpha value is -1.85. The Kier molecular flexibility index (Phi) is 2.63. The van der Waals surface area contributed by atoms with Gasteiger partial charge >= 0.3 is 6.01 Å². The standard InChI is InChI=1S/C7H9N3O3/c1-12-5-3-4(6(8)11)9-7(10-5)13-2/h3H,1-2H3,(H2,8,11). The smallest absolute Gasteiger partial charge is 0.320 e. The number of ether oxygens (including phenoxy) is 2. The van der Waals surface area contributed by atoms with Crippen molar-refractivity contribution >= 4 is 5.91 Å². The van der Waals surface area contributed by atoms with Crippen LogP contribution in [0.25, 0.3) is 0 Å². The largest absolute Gasteiger partial charge is 0.481 e. The Labute approximate surface area is 74.7 Å². The number of carbonyl (C=O) groups is 1. The summed E-state index contributed by atoms with van der Waals surface area (Å²) in [6, 6.07) is 1.39. The van der Waals surface area contributed by atoms with Crippen LogP contribution < -0.4 is 15.2 Å². The molecule has 1 aromatic rings. The molecular weight excluding hydrogens is 174 g/mol. The first-order chi connectivity index (χ1) is 6.17. The summed E-state index contributed by atoms with van der Waals surface area (Å²) in [6.07, 6.45) is 0. The third-order valence-electron chi connectivity index (χ3n) is 1.33. The van der Waals surface area contributed by atoms with Crippen LogP contribution in [0.15, 0.2) is 6.07 Å². The van der Waals surface area contributed by atoms with Crippen molar-refractivity contribution in [1.82, 2.24) is 9.97 Å². The van der Waals surface area contributed by atoms with Crippen LogP contribution in [0.5, 0.6) is 11.9 Å². The molecule has 0 bridgehead atoms. The van der Waals surface area contributed by atoms with Crippen LogP contribution in [-0.4, -0.2) is 30.1 Å². The fraction of sp³-hybridized carbons (Fsp3) is 0.286.